The van der Waals surface area contributed by atoms with Gasteiger partial charge >= 0.3 is 29.8 Å². The summed E-state index contributed by atoms with van der Waals surface area (Å²) in [7, 11) is 0. The second-order valence-electron chi connectivity index (χ2n) is 10.5. The quantitative estimate of drug-likeness (QED) is 0.0244. The van der Waals surface area contributed by atoms with Crippen molar-refractivity contribution in [2.45, 2.75) is 41.4 Å². The van der Waals surface area contributed by atoms with Crippen molar-refractivity contribution in [2.24, 2.45) is 0 Å². The summed E-state index contributed by atoms with van der Waals surface area (Å²) in [5, 5.41) is 17.9. The van der Waals surface area contributed by atoms with Gasteiger partial charge in [-0.15, -0.1) is 23.5 Å². The molecule has 0 bridgehead atoms. The van der Waals surface area contributed by atoms with Gasteiger partial charge in [0.2, 0.25) is 0 Å². The third-order valence-electron chi connectivity index (χ3n) is 6.37. The molecule has 0 heterocycles. The predicted molar refractivity (Wildman–Crippen MR) is 184 cm³/mol. The first kappa shape index (κ1) is 39.5. The van der Waals surface area contributed by atoms with Gasteiger partial charge in [0.15, 0.2) is 0 Å². The Morgan fingerprint density at radius 3 is 1.54 bits per heavy atom. The van der Waals surface area contributed by atoms with Crippen LogP contribution in [0.15, 0.2) is 119 Å². The smallest absolute Gasteiger partial charge is 0.338 e. The van der Waals surface area contributed by atoms with Crippen LogP contribution < -0.4 is 0 Å². The van der Waals surface area contributed by atoms with Gasteiger partial charge in [0.05, 0.1) is 18.4 Å². The van der Waals surface area contributed by atoms with Crippen molar-refractivity contribution < 1.29 is 58.2 Å². The molecule has 0 spiro atoms. The van der Waals surface area contributed by atoms with Crippen molar-refractivity contribution >= 4 is 53.4 Å². The Balaban J connectivity index is 1.50. The lowest BCUT2D eigenvalue weighted by Gasteiger charge is -2.18. The summed E-state index contributed by atoms with van der Waals surface area (Å²) >= 11 is 2.79. The van der Waals surface area contributed by atoms with Crippen LogP contribution in [0.1, 0.15) is 28.8 Å². The van der Waals surface area contributed by atoms with Crippen molar-refractivity contribution in [2.75, 3.05) is 24.7 Å². The number of aliphatic carboxylic acids is 2. The number of hydrogen-bond acceptors (Lipinski definition) is 12. The molecule has 0 fully saturated rings. The Morgan fingerprint density at radius 2 is 1.08 bits per heavy atom. The number of carboxylic acids is 2. The van der Waals surface area contributed by atoms with Crippen LogP contribution in [-0.2, 0) is 49.8 Å². The highest BCUT2D eigenvalue weighted by Crippen LogP contribution is 2.22. The van der Waals surface area contributed by atoms with Gasteiger partial charge < -0.3 is 24.4 Å². The molecule has 0 aliphatic carbocycles. The van der Waals surface area contributed by atoms with Crippen molar-refractivity contribution in [3.63, 3.8) is 0 Å². The number of esters is 3. The van der Waals surface area contributed by atoms with E-state index in [-0.39, 0.29) is 42.3 Å². The van der Waals surface area contributed by atoms with Gasteiger partial charge in [-0.05, 0) is 42.0 Å². The number of ether oxygens (including phenoxy) is 3. The van der Waals surface area contributed by atoms with Crippen molar-refractivity contribution in [3.05, 3.63) is 120 Å². The molecule has 0 saturated carbocycles. The van der Waals surface area contributed by atoms with Crippen LogP contribution in [0, 0.1) is 0 Å². The highest BCUT2D eigenvalue weighted by molar-refractivity contribution is 7.99. The summed E-state index contributed by atoms with van der Waals surface area (Å²) < 4.78 is 16.2. The molecule has 2 atom stereocenters. The Bertz CT molecular complexity index is 1610. The van der Waals surface area contributed by atoms with E-state index in [2.05, 4.69) is 13.2 Å². The van der Waals surface area contributed by atoms with E-state index in [1.54, 1.807) is 12.1 Å². The predicted octanol–water partition coefficient (Wildman–Crippen LogP) is 5.76. The maximum atomic E-state index is 12.8. The second kappa shape index (κ2) is 21.3. The van der Waals surface area contributed by atoms with E-state index in [4.69, 9.17) is 34.2 Å². The summed E-state index contributed by atoms with van der Waals surface area (Å²) in [4.78, 5) is 71.9. The number of rotatable bonds is 22. The molecule has 0 saturated heterocycles. The highest BCUT2D eigenvalue weighted by Gasteiger charge is 2.22. The first-order chi connectivity index (χ1) is 24.0. The van der Waals surface area contributed by atoms with E-state index in [1.807, 2.05) is 60.7 Å². The molecule has 0 aliphatic heterocycles. The summed E-state index contributed by atoms with van der Waals surface area (Å²) in [6, 6.07) is 25.0. The fourth-order valence-corrected chi connectivity index (χ4v) is 5.63. The number of thioether (sulfide) groups is 2. The van der Waals surface area contributed by atoms with Crippen molar-refractivity contribution in [1.29, 1.82) is 0 Å². The van der Waals surface area contributed by atoms with E-state index < -0.39 is 54.9 Å². The minimum Gasteiger partial charge on any atom is -0.481 e. The minimum absolute atomic E-state index is 0.0114. The Hall–Kier alpha value is -4.89. The van der Waals surface area contributed by atoms with Gasteiger partial charge in [-0.3, -0.25) is 9.59 Å². The van der Waals surface area contributed by atoms with Crippen LogP contribution in [0.5, 0.6) is 0 Å². The van der Waals surface area contributed by atoms with E-state index in [0.717, 1.165) is 9.79 Å². The van der Waals surface area contributed by atoms with E-state index >= 15 is 0 Å². The van der Waals surface area contributed by atoms with Gasteiger partial charge in [-0.2, -0.15) is 0 Å². The van der Waals surface area contributed by atoms with Crippen LogP contribution in [0.4, 0.5) is 0 Å². The molecule has 264 valence electrons. The highest BCUT2D eigenvalue weighted by atomic mass is 32.2. The van der Waals surface area contributed by atoms with Crippen LogP contribution in [-0.4, -0.2) is 77.0 Å². The molecule has 3 aromatic rings. The zero-order valence-corrected chi connectivity index (χ0v) is 28.5. The lowest BCUT2D eigenvalue weighted by molar-refractivity contribution is -0.313. The summed E-state index contributed by atoms with van der Waals surface area (Å²) in [5.74, 6) is -4.30. The standard InChI is InChI=1S/C36H36O12S2/c1-24(17-32(37)38)34(41)47-28(22-49-30-9-5-3-6-10-30)20-44-36(43)27-15-13-26(14-16-27)19-45-46-21-29(23-50-31-11-7-4-8-12-31)48-35(42)25(2)18-33(39)40/h3-16,28-29H,1-2,17-23H2,(H,37,38)(H,39,40). The monoisotopic (exact) mass is 724 g/mol. The van der Waals surface area contributed by atoms with E-state index in [1.165, 1.54) is 35.7 Å². The average molecular weight is 725 g/mol. The maximum Gasteiger partial charge on any atom is 0.338 e. The molecular formula is C36H36O12S2. The fraction of sp³-hybridized carbons (Fsp3) is 0.250. The lowest BCUT2D eigenvalue weighted by atomic mass is 10.1. The van der Waals surface area contributed by atoms with Crippen LogP contribution >= 0.6 is 23.5 Å². The van der Waals surface area contributed by atoms with E-state index in [9.17, 15) is 24.0 Å². The van der Waals surface area contributed by atoms with Gasteiger partial charge in [0.1, 0.15) is 32.0 Å². The molecule has 0 radical (unpaired) electrons. The third-order valence-corrected chi connectivity index (χ3v) is 8.65. The van der Waals surface area contributed by atoms with Gasteiger partial charge in [0.25, 0.3) is 0 Å². The molecule has 2 N–H and O–H groups in total. The molecule has 14 heteroatoms. The normalized spacial score (nSPS) is 11.8. The van der Waals surface area contributed by atoms with Gasteiger partial charge in [-0.1, -0.05) is 61.7 Å². The van der Waals surface area contributed by atoms with Crippen LogP contribution in [0.25, 0.3) is 0 Å². The first-order valence-corrected chi connectivity index (χ1v) is 17.0. The average Bonchev–Trinajstić information content (AvgIpc) is 3.10. The third kappa shape index (κ3) is 15.1. The van der Waals surface area contributed by atoms with Crippen molar-refractivity contribution in [3.8, 4) is 0 Å². The maximum absolute atomic E-state index is 12.8. The molecule has 3 aromatic carbocycles. The van der Waals surface area contributed by atoms with Crippen molar-refractivity contribution in [1.82, 2.24) is 0 Å². The SMILES string of the molecule is C=C(CC(=O)O)C(=O)OC(COOCc1ccc(C(=O)OCC(CSc2ccccc2)OC(=O)C(=C)CC(=O)O)cc1)CSc1ccccc1. The Kier molecular flexibility index (Phi) is 16.8. The molecule has 50 heavy (non-hydrogen) atoms. The van der Waals surface area contributed by atoms with Gasteiger partial charge in [0, 0.05) is 32.4 Å². The molecule has 2 unspecified atom stereocenters. The van der Waals surface area contributed by atoms with Gasteiger partial charge in [-0.25, -0.2) is 24.2 Å². The minimum atomic E-state index is -1.22. The zero-order chi connectivity index (χ0) is 36.3. The summed E-state index contributed by atoms with van der Waals surface area (Å²) in [5.41, 5.74) is 0.435. The summed E-state index contributed by atoms with van der Waals surface area (Å²) in [6.07, 6.45) is -2.79. The second-order valence-corrected chi connectivity index (χ2v) is 12.7. The molecule has 0 aliphatic rings. The molecule has 0 amide bonds. The number of hydrogen-bond donors (Lipinski definition) is 2. The number of benzene rings is 3. The Labute approximate surface area is 297 Å². The molecular weight excluding hydrogens is 689 g/mol. The zero-order valence-electron chi connectivity index (χ0n) is 26.9. The number of carboxylic acid groups (broad SMARTS) is 2. The Morgan fingerprint density at radius 1 is 0.620 bits per heavy atom. The topological polar surface area (TPSA) is 172 Å². The largest absolute Gasteiger partial charge is 0.481 e. The van der Waals surface area contributed by atoms with E-state index in [0.29, 0.717) is 11.3 Å². The molecule has 12 nitrogen and oxygen atoms in total. The fourth-order valence-electron chi connectivity index (χ4n) is 3.85. The lowest BCUT2D eigenvalue weighted by Crippen LogP contribution is -2.28. The summed E-state index contributed by atoms with van der Waals surface area (Å²) in [6.45, 7) is 6.51. The first-order valence-electron chi connectivity index (χ1n) is 15.1. The molecule has 3 rings (SSSR count). The number of carbonyl (C=O) groups is 5. The van der Waals surface area contributed by atoms with Crippen LogP contribution in [0.2, 0.25) is 0 Å². The molecule has 0 aromatic heterocycles. The van der Waals surface area contributed by atoms with Crippen LogP contribution in [0.3, 0.4) is 0 Å². The number of carbonyl (C=O) groups excluding carboxylic acids is 3.